The Balaban J connectivity index is 0.819. The van der Waals surface area contributed by atoms with Crippen LogP contribution in [0.5, 0.6) is 0 Å². The zero-order valence-electron chi connectivity index (χ0n) is 33.0. The van der Waals surface area contributed by atoms with Gasteiger partial charge in [-0.3, -0.25) is 19.2 Å². The highest BCUT2D eigenvalue weighted by atomic mass is 19.1. The van der Waals surface area contributed by atoms with Gasteiger partial charge in [-0.15, -0.1) is 0 Å². The first-order valence-corrected chi connectivity index (χ1v) is 20.9. The van der Waals surface area contributed by atoms with Gasteiger partial charge in [0.2, 0.25) is 5.91 Å². The number of carbonyl (C=O) groups excluding carboxylic acids is 3. The Bertz CT molecular complexity index is 1940. The van der Waals surface area contributed by atoms with Crippen molar-refractivity contribution < 1.29 is 23.5 Å². The minimum absolute atomic E-state index is 0.000625. The van der Waals surface area contributed by atoms with E-state index in [2.05, 4.69) is 31.0 Å². The fourth-order valence-corrected chi connectivity index (χ4v) is 10.8. The van der Waals surface area contributed by atoms with Gasteiger partial charge < -0.3 is 14.5 Å². The van der Waals surface area contributed by atoms with Crippen LogP contribution in [0.25, 0.3) is 10.8 Å². The van der Waals surface area contributed by atoms with Crippen molar-refractivity contribution in [1.82, 2.24) is 20.0 Å². The number of nitrogens with one attached hydrogen (secondary N) is 1. The standard InChI is InChI=1S/C45H59FN4O5/c1-4-31-29-34(51)18-20-44(31,2)33-17-19-45(3)32(28-33)14-16-40(45)55-25-9-5-6-12-41(52)49-21-23-50(24-22-49)43(54)37-26-30(13-15-38(37)46)27-39-35-10-7-8-11-36(35)42(53)48-47-39/h7-8,10-11,13,15,26,31-33,40H,4-6,9,12,14,16-25,27-29H2,1-3H3,(H,48,53)/t31-,32-,33-,40-,44-,45-/m0/s1. The largest absolute Gasteiger partial charge is 0.378 e. The van der Waals surface area contributed by atoms with Gasteiger partial charge in [0, 0.05) is 63.9 Å². The molecule has 6 atom stereocenters. The van der Waals surface area contributed by atoms with Crippen LogP contribution in [0, 0.1) is 34.4 Å². The van der Waals surface area contributed by atoms with Crippen molar-refractivity contribution in [3.8, 4) is 0 Å². The maximum absolute atomic E-state index is 15.0. The lowest BCUT2D eigenvalue weighted by Crippen LogP contribution is -2.50. The van der Waals surface area contributed by atoms with E-state index in [0.29, 0.717) is 90.7 Å². The number of ketones is 1. The number of carbonyl (C=O) groups is 3. The number of hydrogen-bond acceptors (Lipinski definition) is 6. The van der Waals surface area contributed by atoms with Crippen molar-refractivity contribution in [2.45, 2.75) is 117 Å². The average Bonchev–Trinajstić information content (AvgIpc) is 3.53. The van der Waals surface area contributed by atoms with Crippen molar-refractivity contribution in [1.29, 1.82) is 0 Å². The molecular formula is C45H59FN4O5. The van der Waals surface area contributed by atoms with Crippen LogP contribution in [-0.4, -0.2) is 76.5 Å². The molecule has 2 aromatic carbocycles. The van der Waals surface area contributed by atoms with Gasteiger partial charge in [0.1, 0.15) is 11.6 Å². The van der Waals surface area contributed by atoms with Crippen LogP contribution in [0.3, 0.4) is 0 Å². The Labute approximate surface area is 324 Å². The fraction of sp³-hybridized carbons (Fsp3) is 0.622. The van der Waals surface area contributed by atoms with Crippen molar-refractivity contribution in [2.75, 3.05) is 32.8 Å². The normalized spacial score (nSPS) is 28.4. The average molecular weight is 755 g/mol. The van der Waals surface area contributed by atoms with Crippen molar-refractivity contribution in [3.05, 3.63) is 75.5 Å². The molecule has 1 aromatic heterocycles. The second-order valence-corrected chi connectivity index (χ2v) is 17.5. The maximum Gasteiger partial charge on any atom is 0.272 e. The summed E-state index contributed by atoms with van der Waals surface area (Å²) in [5.74, 6) is 1.53. The summed E-state index contributed by atoms with van der Waals surface area (Å²) in [5.41, 5.74) is 1.62. The number of halogens is 1. The van der Waals surface area contributed by atoms with Gasteiger partial charge in [-0.25, -0.2) is 9.49 Å². The van der Waals surface area contributed by atoms with Gasteiger partial charge in [-0.1, -0.05) is 57.9 Å². The topological polar surface area (TPSA) is 113 Å². The number of nitrogens with zero attached hydrogens (tertiary/aromatic N) is 3. The molecule has 0 radical (unpaired) electrons. The molecule has 10 heteroatoms. The number of amides is 2. The molecule has 3 saturated carbocycles. The van der Waals surface area contributed by atoms with Crippen LogP contribution in [0.1, 0.15) is 126 Å². The number of benzene rings is 2. The lowest BCUT2D eigenvalue weighted by atomic mass is 9.53. The molecule has 0 spiro atoms. The molecule has 1 aliphatic heterocycles. The van der Waals surface area contributed by atoms with Crippen LogP contribution in [0.15, 0.2) is 47.3 Å². The molecule has 0 unspecified atom stereocenters. The lowest BCUT2D eigenvalue weighted by Gasteiger charge is -2.52. The zero-order chi connectivity index (χ0) is 38.7. The van der Waals surface area contributed by atoms with Gasteiger partial charge in [0.05, 0.1) is 22.7 Å². The summed E-state index contributed by atoms with van der Waals surface area (Å²) in [6.07, 6.45) is 13.6. The van der Waals surface area contributed by atoms with E-state index in [0.717, 1.165) is 63.4 Å². The summed E-state index contributed by atoms with van der Waals surface area (Å²) in [6.45, 7) is 9.52. The highest BCUT2D eigenvalue weighted by Crippen LogP contribution is 2.60. The van der Waals surface area contributed by atoms with E-state index >= 15 is 0 Å². The third-order valence-electron chi connectivity index (χ3n) is 14.5. The quantitative estimate of drug-likeness (QED) is 0.188. The molecule has 3 aromatic rings. The Morgan fingerprint density at radius 2 is 1.65 bits per heavy atom. The number of aromatic nitrogens is 2. The van der Waals surface area contributed by atoms with Crippen molar-refractivity contribution in [2.24, 2.45) is 28.6 Å². The summed E-state index contributed by atoms with van der Waals surface area (Å²) in [4.78, 5) is 54.4. The third-order valence-corrected chi connectivity index (χ3v) is 14.5. The molecule has 4 fully saturated rings. The van der Waals surface area contributed by atoms with E-state index in [1.807, 2.05) is 17.0 Å². The highest BCUT2D eigenvalue weighted by Gasteiger charge is 2.54. The van der Waals surface area contributed by atoms with Crippen molar-refractivity contribution in [3.63, 3.8) is 0 Å². The fourth-order valence-electron chi connectivity index (χ4n) is 10.8. The van der Waals surface area contributed by atoms with Crippen LogP contribution < -0.4 is 5.56 Å². The Kier molecular flexibility index (Phi) is 11.9. The van der Waals surface area contributed by atoms with Crippen LogP contribution >= 0.6 is 0 Å². The zero-order valence-corrected chi connectivity index (χ0v) is 33.0. The molecule has 2 heterocycles. The van der Waals surface area contributed by atoms with Gasteiger partial charge in [-0.2, -0.15) is 5.10 Å². The van der Waals surface area contributed by atoms with Crippen molar-refractivity contribution >= 4 is 28.4 Å². The summed E-state index contributed by atoms with van der Waals surface area (Å²) < 4.78 is 21.5. The first-order chi connectivity index (χ1) is 26.5. The summed E-state index contributed by atoms with van der Waals surface area (Å²) in [6, 6.07) is 11.7. The minimum atomic E-state index is -0.585. The third kappa shape index (κ3) is 8.16. The van der Waals surface area contributed by atoms with Gasteiger partial charge in [0.25, 0.3) is 11.5 Å². The molecular weight excluding hydrogens is 696 g/mol. The van der Waals surface area contributed by atoms with E-state index in [4.69, 9.17) is 4.74 Å². The molecule has 1 N–H and O–H groups in total. The smallest absolute Gasteiger partial charge is 0.272 e. The number of rotatable bonds is 12. The number of H-pyrrole nitrogens is 1. The first kappa shape index (κ1) is 39.3. The van der Waals surface area contributed by atoms with Crippen LogP contribution in [0.2, 0.25) is 0 Å². The van der Waals surface area contributed by atoms with E-state index < -0.39 is 5.82 Å². The SMILES string of the molecule is CC[C@H]1CC(=O)CC[C@]1(C)[C@H]1CC[C@@]2(C)[C@@H](CC[C@@H]2OCCCCCC(=O)N2CCN(C(=O)c3cc(Cc4n[nH]c(=O)c5ccccc45)ccc3F)CC2)C1. The Morgan fingerprint density at radius 3 is 2.44 bits per heavy atom. The van der Waals surface area contributed by atoms with Gasteiger partial charge in [-0.05, 0) is 104 Å². The lowest BCUT2D eigenvalue weighted by molar-refractivity contribution is -0.133. The summed E-state index contributed by atoms with van der Waals surface area (Å²) >= 11 is 0. The van der Waals surface area contributed by atoms with E-state index in [1.165, 1.54) is 31.7 Å². The monoisotopic (exact) mass is 754 g/mol. The molecule has 9 nitrogen and oxygen atoms in total. The molecule has 55 heavy (non-hydrogen) atoms. The number of Topliss-reactive ketones (excluding diaryl/α,β-unsaturated/α-hetero) is 1. The van der Waals surface area contributed by atoms with Gasteiger partial charge >= 0.3 is 0 Å². The number of fused-ring (bicyclic) bond motifs is 2. The summed E-state index contributed by atoms with van der Waals surface area (Å²) in [7, 11) is 0. The predicted molar refractivity (Wildman–Crippen MR) is 211 cm³/mol. The number of aromatic amines is 1. The summed E-state index contributed by atoms with van der Waals surface area (Å²) in [5, 5.41) is 8.01. The molecule has 2 amide bonds. The number of piperazine rings is 1. The Hall–Kier alpha value is -3.92. The highest BCUT2D eigenvalue weighted by molar-refractivity contribution is 5.95. The maximum atomic E-state index is 15.0. The number of unbranched alkanes of at least 4 members (excludes halogenated alkanes) is 2. The molecule has 4 aliphatic rings. The molecule has 1 saturated heterocycles. The molecule has 3 aliphatic carbocycles. The second-order valence-electron chi connectivity index (χ2n) is 17.5. The van der Waals surface area contributed by atoms with E-state index in [9.17, 15) is 23.6 Å². The number of ether oxygens (including phenoxy) is 1. The first-order valence-electron chi connectivity index (χ1n) is 20.9. The van der Waals surface area contributed by atoms with Gasteiger partial charge in [0.15, 0.2) is 0 Å². The Morgan fingerprint density at radius 1 is 0.909 bits per heavy atom. The second kappa shape index (κ2) is 16.7. The van der Waals surface area contributed by atoms with Crippen LogP contribution in [-0.2, 0) is 20.7 Å². The number of hydrogen-bond donors (Lipinski definition) is 1. The molecule has 7 rings (SSSR count). The molecule has 0 bridgehead atoms. The van der Waals surface area contributed by atoms with Crippen LogP contribution in [0.4, 0.5) is 4.39 Å². The van der Waals surface area contributed by atoms with E-state index in [1.54, 1.807) is 29.2 Å². The predicted octanol–water partition coefficient (Wildman–Crippen LogP) is 7.88. The minimum Gasteiger partial charge on any atom is -0.378 e. The molecule has 296 valence electrons. The van der Waals surface area contributed by atoms with E-state index in [-0.39, 0.29) is 28.4 Å².